The number of nitrogens with one attached hydrogen (secondary N) is 1. The summed E-state index contributed by atoms with van der Waals surface area (Å²) in [7, 11) is -0.492. The molecule has 0 aliphatic carbocycles. The van der Waals surface area contributed by atoms with E-state index in [1.165, 1.54) is 26.2 Å². The Bertz CT molecular complexity index is 524. The molecular formula is C12H19N3O3S. The van der Waals surface area contributed by atoms with E-state index >= 15 is 0 Å². The predicted octanol–water partition coefficient (Wildman–Crippen LogP) is 0.614. The molecule has 6 nitrogen and oxygen atoms in total. The van der Waals surface area contributed by atoms with Crippen LogP contribution in [-0.4, -0.2) is 39.3 Å². The van der Waals surface area contributed by atoms with Gasteiger partial charge in [-0.3, -0.25) is 4.79 Å². The highest BCUT2D eigenvalue weighted by Crippen LogP contribution is 2.16. The van der Waals surface area contributed by atoms with Gasteiger partial charge in [-0.1, -0.05) is 0 Å². The standard InChI is InChI=1S/C12H19N3O3S/c1-15(2)19(17,18)11-7-5-10(6-8-11)14-12(16)4-3-9-13/h5-8H,3-4,9,13H2,1-2H3,(H,14,16). The van der Waals surface area contributed by atoms with Gasteiger partial charge in [-0.15, -0.1) is 0 Å². The minimum Gasteiger partial charge on any atom is -0.330 e. The Morgan fingerprint density at radius 2 is 1.84 bits per heavy atom. The Labute approximate surface area is 113 Å². The first kappa shape index (κ1) is 15.6. The zero-order valence-electron chi connectivity index (χ0n) is 11.1. The molecule has 0 unspecified atom stereocenters. The highest BCUT2D eigenvalue weighted by Gasteiger charge is 2.16. The Kier molecular flexibility index (Phi) is 5.46. The Balaban J connectivity index is 2.75. The Hall–Kier alpha value is -1.44. The summed E-state index contributed by atoms with van der Waals surface area (Å²) in [6, 6.07) is 6.06. The largest absolute Gasteiger partial charge is 0.330 e. The molecule has 1 amide bonds. The molecule has 0 fully saturated rings. The molecule has 0 radical (unpaired) electrons. The summed E-state index contributed by atoms with van der Waals surface area (Å²) in [6.07, 6.45) is 0.979. The molecule has 0 aromatic heterocycles. The first-order valence-corrected chi connectivity index (χ1v) is 7.34. The van der Waals surface area contributed by atoms with Crippen LogP contribution in [0.4, 0.5) is 5.69 Å². The summed E-state index contributed by atoms with van der Waals surface area (Å²) in [5.41, 5.74) is 5.88. The number of carbonyl (C=O) groups is 1. The van der Waals surface area contributed by atoms with Gasteiger partial charge in [-0.2, -0.15) is 0 Å². The van der Waals surface area contributed by atoms with E-state index in [0.717, 1.165) is 4.31 Å². The maximum absolute atomic E-state index is 11.8. The van der Waals surface area contributed by atoms with Crippen LogP contribution >= 0.6 is 0 Å². The van der Waals surface area contributed by atoms with Gasteiger partial charge in [-0.05, 0) is 37.2 Å². The molecule has 0 saturated carbocycles. The van der Waals surface area contributed by atoms with E-state index in [0.29, 0.717) is 25.1 Å². The molecule has 0 bridgehead atoms. The van der Waals surface area contributed by atoms with Gasteiger partial charge < -0.3 is 11.1 Å². The van der Waals surface area contributed by atoms with Gasteiger partial charge in [0.2, 0.25) is 15.9 Å². The van der Waals surface area contributed by atoms with Crippen LogP contribution in [0.5, 0.6) is 0 Å². The average Bonchev–Trinajstić information content (AvgIpc) is 2.36. The molecule has 0 saturated heterocycles. The van der Waals surface area contributed by atoms with Crippen LogP contribution in [-0.2, 0) is 14.8 Å². The lowest BCUT2D eigenvalue weighted by molar-refractivity contribution is -0.116. The molecule has 1 rings (SSSR count). The molecule has 7 heteroatoms. The average molecular weight is 285 g/mol. The van der Waals surface area contributed by atoms with Crippen LogP contribution in [0, 0.1) is 0 Å². The number of hydrogen-bond acceptors (Lipinski definition) is 4. The van der Waals surface area contributed by atoms with E-state index in [1.54, 1.807) is 12.1 Å². The molecule has 0 heterocycles. The highest BCUT2D eigenvalue weighted by molar-refractivity contribution is 7.89. The number of benzene rings is 1. The Morgan fingerprint density at radius 1 is 1.26 bits per heavy atom. The van der Waals surface area contributed by atoms with Gasteiger partial charge in [0.25, 0.3) is 0 Å². The summed E-state index contributed by atoms with van der Waals surface area (Å²) in [5, 5.41) is 2.68. The van der Waals surface area contributed by atoms with Crippen molar-refractivity contribution in [2.24, 2.45) is 5.73 Å². The zero-order chi connectivity index (χ0) is 14.5. The minimum absolute atomic E-state index is 0.131. The van der Waals surface area contributed by atoms with E-state index in [-0.39, 0.29) is 10.8 Å². The predicted molar refractivity (Wildman–Crippen MR) is 74.2 cm³/mol. The zero-order valence-corrected chi connectivity index (χ0v) is 11.9. The van der Waals surface area contributed by atoms with Crippen molar-refractivity contribution in [3.8, 4) is 0 Å². The van der Waals surface area contributed by atoms with Crippen molar-refractivity contribution in [2.45, 2.75) is 17.7 Å². The minimum atomic E-state index is -3.43. The molecule has 1 aromatic carbocycles. The van der Waals surface area contributed by atoms with E-state index in [1.807, 2.05) is 0 Å². The van der Waals surface area contributed by atoms with E-state index < -0.39 is 10.0 Å². The first-order chi connectivity index (χ1) is 8.87. The van der Waals surface area contributed by atoms with Crippen molar-refractivity contribution in [1.82, 2.24) is 4.31 Å². The lowest BCUT2D eigenvalue weighted by Gasteiger charge is -2.12. The van der Waals surface area contributed by atoms with Crippen LogP contribution < -0.4 is 11.1 Å². The number of anilines is 1. The number of nitrogens with zero attached hydrogens (tertiary/aromatic N) is 1. The molecule has 0 spiro atoms. The smallest absolute Gasteiger partial charge is 0.242 e. The van der Waals surface area contributed by atoms with Crippen LogP contribution in [0.2, 0.25) is 0 Å². The molecular weight excluding hydrogens is 266 g/mol. The summed E-state index contributed by atoms with van der Waals surface area (Å²) in [6.45, 7) is 0.466. The van der Waals surface area contributed by atoms with Crippen LogP contribution in [0.3, 0.4) is 0 Å². The number of hydrogen-bond donors (Lipinski definition) is 2. The third-order valence-corrected chi connectivity index (χ3v) is 4.35. The second-order valence-corrected chi connectivity index (χ2v) is 6.40. The van der Waals surface area contributed by atoms with Gasteiger partial charge >= 0.3 is 0 Å². The van der Waals surface area contributed by atoms with Crippen molar-refractivity contribution in [1.29, 1.82) is 0 Å². The third kappa shape index (κ3) is 4.30. The van der Waals surface area contributed by atoms with Crippen molar-refractivity contribution >= 4 is 21.6 Å². The fourth-order valence-corrected chi connectivity index (χ4v) is 2.31. The fourth-order valence-electron chi connectivity index (χ4n) is 1.41. The molecule has 0 atom stereocenters. The van der Waals surface area contributed by atoms with Crippen molar-refractivity contribution in [3.63, 3.8) is 0 Å². The van der Waals surface area contributed by atoms with Crippen LogP contribution in [0.1, 0.15) is 12.8 Å². The summed E-state index contributed by atoms with van der Waals surface area (Å²) in [5.74, 6) is -0.131. The summed E-state index contributed by atoms with van der Waals surface area (Å²) in [4.78, 5) is 11.7. The number of amides is 1. The van der Waals surface area contributed by atoms with Gasteiger partial charge in [-0.25, -0.2) is 12.7 Å². The SMILES string of the molecule is CN(C)S(=O)(=O)c1ccc(NC(=O)CCCN)cc1. The van der Waals surface area contributed by atoms with Crippen molar-refractivity contribution in [3.05, 3.63) is 24.3 Å². The number of rotatable bonds is 6. The maximum atomic E-state index is 11.8. The normalized spacial score (nSPS) is 11.6. The Morgan fingerprint density at radius 3 is 2.32 bits per heavy atom. The van der Waals surface area contributed by atoms with Gasteiger partial charge in [0.15, 0.2) is 0 Å². The van der Waals surface area contributed by atoms with E-state index in [4.69, 9.17) is 5.73 Å². The number of nitrogens with two attached hydrogens (primary N) is 1. The first-order valence-electron chi connectivity index (χ1n) is 5.90. The lowest BCUT2D eigenvalue weighted by Crippen LogP contribution is -2.22. The topological polar surface area (TPSA) is 92.5 Å². The molecule has 106 valence electrons. The fraction of sp³-hybridized carbons (Fsp3) is 0.417. The number of carbonyl (C=O) groups excluding carboxylic acids is 1. The van der Waals surface area contributed by atoms with Gasteiger partial charge in [0, 0.05) is 26.2 Å². The lowest BCUT2D eigenvalue weighted by atomic mass is 10.2. The van der Waals surface area contributed by atoms with Crippen molar-refractivity contribution in [2.75, 3.05) is 26.0 Å². The molecule has 0 aliphatic rings. The third-order valence-electron chi connectivity index (χ3n) is 2.52. The molecule has 19 heavy (non-hydrogen) atoms. The van der Waals surface area contributed by atoms with Crippen LogP contribution in [0.15, 0.2) is 29.2 Å². The van der Waals surface area contributed by atoms with Crippen molar-refractivity contribution < 1.29 is 13.2 Å². The second kappa shape index (κ2) is 6.65. The quantitative estimate of drug-likeness (QED) is 0.801. The summed E-state index contributed by atoms with van der Waals surface area (Å²) >= 11 is 0. The van der Waals surface area contributed by atoms with Crippen LogP contribution in [0.25, 0.3) is 0 Å². The van der Waals surface area contributed by atoms with Gasteiger partial charge in [0.05, 0.1) is 4.90 Å². The monoisotopic (exact) mass is 285 g/mol. The highest BCUT2D eigenvalue weighted by atomic mass is 32.2. The van der Waals surface area contributed by atoms with Gasteiger partial charge in [0.1, 0.15) is 0 Å². The number of sulfonamides is 1. The van der Waals surface area contributed by atoms with E-state index in [9.17, 15) is 13.2 Å². The molecule has 1 aromatic rings. The maximum Gasteiger partial charge on any atom is 0.242 e. The summed E-state index contributed by atoms with van der Waals surface area (Å²) < 4.78 is 24.8. The molecule has 0 aliphatic heterocycles. The molecule has 3 N–H and O–H groups in total. The van der Waals surface area contributed by atoms with E-state index in [2.05, 4.69) is 5.32 Å². The second-order valence-electron chi connectivity index (χ2n) is 4.25.